The van der Waals surface area contributed by atoms with E-state index in [9.17, 15) is 9.59 Å². The van der Waals surface area contributed by atoms with Gasteiger partial charge in [-0.05, 0) is 46.3 Å². The van der Waals surface area contributed by atoms with Gasteiger partial charge < -0.3 is 14.8 Å². The topological polar surface area (TPSA) is 64.6 Å². The Labute approximate surface area is 144 Å². The molecule has 0 bridgehead atoms. The molecule has 1 aromatic rings. The molecule has 0 aliphatic rings. The first-order valence-corrected chi connectivity index (χ1v) is 8.04. The number of hydrogen-bond donors (Lipinski definition) is 1. The van der Waals surface area contributed by atoms with Crippen LogP contribution in [-0.2, 0) is 20.9 Å². The standard InChI is InChI=1S/C19H27NO4/c1-6-10-16(21)17(20-18(22)24-19(3,4)5)14(2)23-13-15-11-8-7-9-12-15/h6-12,14,17H,13H2,1-5H3,(H,20,22)/b10-6+. The van der Waals surface area contributed by atoms with Gasteiger partial charge in [-0.15, -0.1) is 0 Å². The first-order chi connectivity index (χ1) is 11.2. The molecule has 0 spiro atoms. The molecule has 1 rings (SSSR count). The Morgan fingerprint density at radius 2 is 1.83 bits per heavy atom. The van der Waals surface area contributed by atoms with Gasteiger partial charge in [0.15, 0.2) is 5.78 Å². The minimum atomic E-state index is -0.806. The van der Waals surface area contributed by atoms with Crippen molar-refractivity contribution in [3.8, 4) is 0 Å². The van der Waals surface area contributed by atoms with Gasteiger partial charge in [-0.2, -0.15) is 0 Å². The molecule has 0 aliphatic heterocycles. The van der Waals surface area contributed by atoms with Gasteiger partial charge >= 0.3 is 6.09 Å². The SMILES string of the molecule is C/C=C/C(=O)C(NC(=O)OC(C)(C)C)C(C)OCc1ccccc1. The van der Waals surface area contributed by atoms with Gasteiger partial charge in [-0.3, -0.25) is 4.79 Å². The van der Waals surface area contributed by atoms with Crippen LogP contribution in [0.25, 0.3) is 0 Å². The van der Waals surface area contributed by atoms with Crippen molar-refractivity contribution in [2.45, 2.75) is 59.0 Å². The van der Waals surface area contributed by atoms with Crippen molar-refractivity contribution in [2.75, 3.05) is 0 Å². The Kier molecular flexibility index (Phi) is 7.65. The molecular formula is C19H27NO4. The highest BCUT2D eigenvalue weighted by molar-refractivity contribution is 5.96. The van der Waals surface area contributed by atoms with Gasteiger partial charge in [-0.1, -0.05) is 36.4 Å². The molecule has 0 aliphatic carbocycles. The quantitative estimate of drug-likeness (QED) is 0.774. The van der Waals surface area contributed by atoms with Gasteiger partial charge in [0, 0.05) is 0 Å². The number of ketones is 1. The van der Waals surface area contributed by atoms with Gasteiger partial charge in [0.2, 0.25) is 0 Å². The average molecular weight is 333 g/mol. The summed E-state index contributed by atoms with van der Waals surface area (Å²) in [5.74, 6) is -0.232. The summed E-state index contributed by atoms with van der Waals surface area (Å²) in [5, 5.41) is 2.61. The van der Waals surface area contributed by atoms with E-state index in [1.54, 1.807) is 40.7 Å². The Hall–Kier alpha value is -2.14. The zero-order valence-corrected chi connectivity index (χ0v) is 15.0. The van der Waals surface area contributed by atoms with Crippen LogP contribution in [0, 0.1) is 0 Å². The molecule has 24 heavy (non-hydrogen) atoms. The minimum Gasteiger partial charge on any atom is -0.444 e. The van der Waals surface area contributed by atoms with Crippen LogP contribution >= 0.6 is 0 Å². The number of ether oxygens (including phenoxy) is 2. The summed E-state index contributed by atoms with van der Waals surface area (Å²) < 4.78 is 11.0. The van der Waals surface area contributed by atoms with Gasteiger partial charge in [0.05, 0.1) is 12.7 Å². The van der Waals surface area contributed by atoms with Crippen LogP contribution in [0.2, 0.25) is 0 Å². The fourth-order valence-corrected chi connectivity index (χ4v) is 2.02. The molecule has 1 amide bonds. The Bertz CT molecular complexity index is 560. The van der Waals surface area contributed by atoms with Crippen molar-refractivity contribution in [1.82, 2.24) is 5.32 Å². The smallest absolute Gasteiger partial charge is 0.408 e. The van der Waals surface area contributed by atoms with Gasteiger partial charge in [0.25, 0.3) is 0 Å². The maximum absolute atomic E-state index is 12.3. The zero-order valence-electron chi connectivity index (χ0n) is 15.0. The van der Waals surface area contributed by atoms with E-state index in [1.165, 1.54) is 6.08 Å². The Balaban J connectivity index is 2.73. The fourth-order valence-electron chi connectivity index (χ4n) is 2.02. The van der Waals surface area contributed by atoms with Crippen molar-refractivity contribution in [1.29, 1.82) is 0 Å². The lowest BCUT2D eigenvalue weighted by atomic mass is 10.1. The number of hydrogen-bond acceptors (Lipinski definition) is 4. The second-order valence-electron chi connectivity index (χ2n) is 6.53. The number of alkyl carbamates (subject to hydrolysis) is 1. The van der Waals surface area contributed by atoms with E-state index < -0.39 is 23.8 Å². The molecule has 1 aromatic carbocycles. The molecule has 0 fully saturated rings. The van der Waals surface area contributed by atoms with Crippen molar-refractivity contribution in [2.24, 2.45) is 0 Å². The van der Waals surface area contributed by atoms with Crippen LogP contribution in [-0.4, -0.2) is 29.6 Å². The lowest BCUT2D eigenvalue weighted by molar-refractivity contribution is -0.120. The summed E-state index contributed by atoms with van der Waals surface area (Å²) in [5.41, 5.74) is 0.366. The molecule has 5 heteroatoms. The van der Waals surface area contributed by atoms with E-state index in [4.69, 9.17) is 9.47 Å². The maximum Gasteiger partial charge on any atom is 0.408 e. The van der Waals surface area contributed by atoms with E-state index in [2.05, 4.69) is 5.32 Å². The van der Waals surface area contributed by atoms with Gasteiger partial charge in [-0.25, -0.2) is 4.79 Å². The van der Waals surface area contributed by atoms with E-state index in [1.807, 2.05) is 30.3 Å². The highest BCUT2D eigenvalue weighted by Gasteiger charge is 2.28. The lowest BCUT2D eigenvalue weighted by Crippen LogP contribution is -2.49. The molecule has 2 atom stereocenters. The molecule has 0 saturated heterocycles. The second-order valence-corrected chi connectivity index (χ2v) is 6.53. The molecule has 1 N–H and O–H groups in total. The summed E-state index contributed by atoms with van der Waals surface area (Å²) >= 11 is 0. The van der Waals surface area contributed by atoms with Gasteiger partial charge in [0.1, 0.15) is 11.6 Å². The maximum atomic E-state index is 12.3. The van der Waals surface area contributed by atoms with Crippen LogP contribution in [0.3, 0.4) is 0 Å². The summed E-state index contributed by atoms with van der Waals surface area (Å²) in [4.78, 5) is 24.3. The number of benzene rings is 1. The first-order valence-electron chi connectivity index (χ1n) is 8.04. The highest BCUT2D eigenvalue weighted by Crippen LogP contribution is 2.10. The summed E-state index contributed by atoms with van der Waals surface area (Å²) in [7, 11) is 0. The number of carbonyl (C=O) groups excluding carboxylic acids is 2. The zero-order chi connectivity index (χ0) is 18.2. The molecular weight excluding hydrogens is 306 g/mol. The number of allylic oxidation sites excluding steroid dienone is 1. The Morgan fingerprint density at radius 1 is 1.21 bits per heavy atom. The van der Waals surface area contributed by atoms with Crippen LogP contribution < -0.4 is 5.32 Å². The lowest BCUT2D eigenvalue weighted by Gasteiger charge is -2.26. The van der Waals surface area contributed by atoms with Crippen LogP contribution in [0.4, 0.5) is 4.79 Å². The van der Waals surface area contributed by atoms with E-state index >= 15 is 0 Å². The molecule has 5 nitrogen and oxygen atoms in total. The molecule has 0 radical (unpaired) electrons. The monoisotopic (exact) mass is 333 g/mol. The largest absolute Gasteiger partial charge is 0.444 e. The van der Waals surface area contributed by atoms with Crippen molar-refractivity contribution in [3.05, 3.63) is 48.0 Å². The third-order valence-corrected chi connectivity index (χ3v) is 3.13. The van der Waals surface area contributed by atoms with Crippen molar-refractivity contribution >= 4 is 11.9 Å². The number of carbonyl (C=O) groups is 2. The Morgan fingerprint density at radius 3 is 2.38 bits per heavy atom. The highest BCUT2D eigenvalue weighted by atomic mass is 16.6. The normalized spacial score (nSPS) is 14.2. The average Bonchev–Trinajstić information content (AvgIpc) is 2.50. The van der Waals surface area contributed by atoms with Crippen LogP contribution in [0.1, 0.15) is 40.2 Å². The predicted molar refractivity (Wildman–Crippen MR) is 93.7 cm³/mol. The van der Waals surface area contributed by atoms with Crippen molar-refractivity contribution in [3.63, 3.8) is 0 Å². The summed E-state index contributed by atoms with van der Waals surface area (Å²) in [6, 6.07) is 8.85. The van der Waals surface area contributed by atoms with E-state index in [-0.39, 0.29) is 5.78 Å². The number of rotatable bonds is 7. The van der Waals surface area contributed by atoms with Crippen LogP contribution in [0.15, 0.2) is 42.5 Å². The minimum absolute atomic E-state index is 0.232. The van der Waals surface area contributed by atoms with Crippen LogP contribution in [0.5, 0.6) is 0 Å². The molecule has 0 saturated carbocycles. The summed E-state index contributed by atoms with van der Waals surface area (Å²) in [6.45, 7) is 9.17. The van der Waals surface area contributed by atoms with E-state index in [0.29, 0.717) is 6.61 Å². The molecule has 2 unspecified atom stereocenters. The molecule has 0 heterocycles. The number of amides is 1. The first kappa shape index (κ1) is 19.9. The molecule has 132 valence electrons. The number of nitrogens with one attached hydrogen (secondary N) is 1. The van der Waals surface area contributed by atoms with E-state index in [0.717, 1.165) is 5.56 Å². The predicted octanol–water partition coefficient (Wildman–Crippen LogP) is 3.63. The third kappa shape index (κ3) is 7.42. The third-order valence-electron chi connectivity index (χ3n) is 3.13. The molecule has 0 aromatic heterocycles. The van der Waals surface area contributed by atoms with Crippen molar-refractivity contribution < 1.29 is 19.1 Å². The summed E-state index contributed by atoms with van der Waals surface area (Å²) in [6.07, 6.45) is 1.92. The second kappa shape index (κ2) is 9.23. The fraction of sp³-hybridized carbons (Fsp3) is 0.474.